The highest BCUT2D eigenvalue weighted by atomic mass is 127. The first-order chi connectivity index (χ1) is 10.7. The van der Waals surface area contributed by atoms with Gasteiger partial charge in [0.25, 0.3) is 0 Å². The third-order valence-electron chi connectivity index (χ3n) is 4.37. The van der Waals surface area contributed by atoms with E-state index in [0.717, 1.165) is 38.7 Å². The molecule has 0 saturated heterocycles. The molecule has 0 bridgehead atoms. The number of nitrogens with zero attached hydrogens (tertiary/aromatic N) is 1. The normalized spacial score (nSPS) is 15.7. The monoisotopic (exact) mass is 431 g/mol. The standard InChI is InChI=1S/C18H29N3O.HI/c1-4-22-12-11-18(9-10-18)14-21-17(19-3)20-13-16-7-5-15(2)6-8-16;/h5-8H,4,9-14H2,1-3H3,(H2,19,20,21);1H. The summed E-state index contributed by atoms with van der Waals surface area (Å²) in [7, 11) is 1.82. The van der Waals surface area contributed by atoms with E-state index in [1.165, 1.54) is 24.0 Å². The van der Waals surface area contributed by atoms with Crippen LogP contribution in [0, 0.1) is 12.3 Å². The maximum Gasteiger partial charge on any atom is 0.191 e. The molecule has 0 radical (unpaired) electrons. The molecule has 0 amide bonds. The number of aryl methyl sites for hydroxylation is 1. The molecular formula is C18H30IN3O. The Balaban J connectivity index is 0.00000264. The van der Waals surface area contributed by atoms with Crippen LogP contribution in [0.2, 0.25) is 0 Å². The van der Waals surface area contributed by atoms with Crippen LogP contribution in [0.4, 0.5) is 0 Å². The lowest BCUT2D eigenvalue weighted by molar-refractivity contribution is 0.128. The number of hydrogen-bond donors (Lipinski definition) is 2. The summed E-state index contributed by atoms with van der Waals surface area (Å²) in [5.74, 6) is 0.878. The Bertz CT molecular complexity index is 484. The summed E-state index contributed by atoms with van der Waals surface area (Å²) in [5, 5.41) is 6.84. The molecule has 1 fully saturated rings. The third-order valence-corrected chi connectivity index (χ3v) is 4.37. The number of ether oxygens (including phenoxy) is 1. The van der Waals surface area contributed by atoms with Crippen molar-refractivity contribution in [3.8, 4) is 0 Å². The molecule has 0 spiro atoms. The highest BCUT2D eigenvalue weighted by Crippen LogP contribution is 2.48. The summed E-state index contributed by atoms with van der Waals surface area (Å²) in [5.41, 5.74) is 2.98. The Morgan fingerprint density at radius 1 is 1.22 bits per heavy atom. The smallest absolute Gasteiger partial charge is 0.191 e. The van der Waals surface area contributed by atoms with Crippen molar-refractivity contribution in [2.75, 3.05) is 26.8 Å². The molecule has 5 heteroatoms. The minimum atomic E-state index is 0. The van der Waals surface area contributed by atoms with Gasteiger partial charge in [-0.2, -0.15) is 0 Å². The van der Waals surface area contributed by atoms with Crippen LogP contribution in [0.5, 0.6) is 0 Å². The van der Waals surface area contributed by atoms with E-state index in [2.05, 4.69) is 53.7 Å². The van der Waals surface area contributed by atoms with Crippen molar-refractivity contribution in [1.29, 1.82) is 0 Å². The Morgan fingerprint density at radius 3 is 2.48 bits per heavy atom. The topological polar surface area (TPSA) is 45.6 Å². The Hall–Kier alpha value is -0.820. The van der Waals surface area contributed by atoms with Crippen LogP contribution in [0.1, 0.15) is 37.3 Å². The maximum atomic E-state index is 5.48. The van der Waals surface area contributed by atoms with Gasteiger partial charge in [0.2, 0.25) is 0 Å². The second-order valence-corrected chi connectivity index (χ2v) is 6.21. The summed E-state index contributed by atoms with van der Waals surface area (Å²) in [6.07, 6.45) is 3.73. The third kappa shape index (κ3) is 7.08. The quantitative estimate of drug-likeness (QED) is 0.287. The zero-order valence-electron chi connectivity index (χ0n) is 14.5. The lowest BCUT2D eigenvalue weighted by atomic mass is 10.0. The molecule has 0 unspecified atom stereocenters. The number of rotatable bonds is 8. The summed E-state index contributed by atoms with van der Waals surface area (Å²) in [4.78, 5) is 4.31. The van der Waals surface area contributed by atoms with Gasteiger partial charge in [-0.05, 0) is 44.1 Å². The SMILES string of the molecule is CCOCCC1(CNC(=NC)NCc2ccc(C)cc2)CC1.I. The molecule has 1 saturated carbocycles. The highest BCUT2D eigenvalue weighted by Gasteiger charge is 2.41. The molecule has 0 atom stereocenters. The predicted molar refractivity (Wildman–Crippen MR) is 108 cm³/mol. The van der Waals surface area contributed by atoms with Crippen molar-refractivity contribution < 1.29 is 4.74 Å². The molecule has 0 aromatic heterocycles. The molecule has 1 aromatic rings. The lowest BCUT2D eigenvalue weighted by Gasteiger charge is -2.18. The molecule has 4 nitrogen and oxygen atoms in total. The first-order valence-corrected chi connectivity index (χ1v) is 8.25. The van der Waals surface area contributed by atoms with Crippen LogP contribution >= 0.6 is 24.0 Å². The zero-order chi connectivity index (χ0) is 15.8. The lowest BCUT2D eigenvalue weighted by Crippen LogP contribution is -2.40. The number of halogens is 1. The van der Waals surface area contributed by atoms with Crippen molar-refractivity contribution in [2.24, 2.45) is 10.4 Å². The summed E-state index contributed by atoms with van der Waals surface area (Å²) < 4.78 is 5.48. The molecule has 0 aliphatic heterocycles. The number of benzene rings is 1. The molecule has 2 N–H and O–H groups in total. The number of hydrogen-bond acceptors (Lipinski definition) is 2. The van der Waals surface area contributed by atoms with Crippen LogP contribution in [-0.2, 0) is 11.3 Å². The first kappa shape index (κ1) is 20.2. The van der Waals surface area contributed by atoms with Gasteiger partial charge in [-0.15, -0.1) is 24.0 Å². The fourth-order valence-corrected chi connectivity index (χ4v) is 2.51. The van der Waals surface area contributed by atoms with Crippen LogP contribution in [-0.4, -0.2) is 32.8 Å². The highest BCUT2D eigenvalue weighted by molar-refractivity contribution is 14.0. The summed E-state index contributed by atoms with van der Waals surface area (Å²) in [6.45, 7) is 7.61. The van der Waals surface area contributed by atoms with Crippen LogP contribution < -0.4 is 10.6 Å². The van der Waals surface area contributed by atoms with Gasteiger partial charge in [-0.1, -0.05) is 29.8 Å². The Labute approximate surface area is 157 Å². The van der Waals surface area contributed by atoms with Crippen molar-refractivity contribution in [1.82, 2.24) is 10.6 Å². The van der Waals surface area contributed by atoms with E-state index in [4.69, 9.17) is 4.74 Å². The van der Waals surface area contributed by atoms with E-state index >= 15 is 0 Å². The minimum absolute atomic E-state index is 0. The van der Waals surface area contributed by atoms with Gasteiger partial charge >= 0.3 is 0 Å². The molecule has 23 heavy (non-hydrogen) atoms. The van der Waals surface area contributed by atoms with Gasteiger partial charge < -0.3 is 15.4 Å². The van der Waals surface area contributed by atoms with E-state index in [0.29, 0.717) is 5.41 Å². The fraction of sp³-hybridized carbons (Fsp3) is 0.611. The van der Waals surface area contributed by atoms with Crippen molar-refractivity contribution in [3.63, 3.8) is 0 Å². The van der Waals surface area contributed by atoms with Gasteiger partial charge in [0, 0.05) is 33.4 Å². The largest absolute Gasteiger partial charge is 0.382 e. The molecule has 1 aromatic carbocycles. The van der Waals surface area contributed by atoms with Gasteiger partial charge in [0.05, 0.1) is 0 Å². The van der Waals surface area contributed by atoms with Crippen LogP contribution in [0.25, 0.3) is 0 Å². The maximum absolute atomic E-state index is 5.48. The van der Waals surface area contributed by atoms with E-state index in [1.807, 2.05) is 7.05 Å². The average molecular weight is 431 g/mol. The van der Waals surface area contributed by atoms with Gasteiger partial charge in [0.1, 0.15) is 0 Å². The van der Waals surface area contributed by atoms with Crippen LogP contribution in [0.3, 0.4) is 0 Å². The Morgan fingerprint density at radius 2 is 1.91 bits per heavy atom. The second-order valence-electron chi connectivity index (χ2n) is 6.21. The van der Waals surface area contributed by atoms with E-state index in [-0.39, 0.29) is 24.0 Å². The molecule has 130 valence electrons. The number of nitrogens with one attached hydrogen (secondary N) is 2. The van der Waals surface area contributed by atoms with E-state index < -0.39 is 0 Å². The van der Waals surface area contributed by atoms with Crippen molar-refractivity contribution >= 4 is 29.9 Å². The van der Waals surface area contributed by atoms with Crippen molar-refractivity contribution in [3.05, 3.63) is 35.4 Å². The zero-order valence-corrected chi connectivity index (χ0v) is 16.9. The van der Waals surface area contributed by atoms with E-state index in [9.17, 15) is 0 Å². The number of guanidine groups is 1. The summed E-state index contributed by atoms with van der Waals surface area (Å²) >= 11 is 0. The summed E-state index contributed by atoms with van der Waals surface area (Å²) in [6, 6.07) is 8.58. The molecule has 0 heterocycles. The first-order valence-electron chi connectivity index (χ1n) is 8.25. The average Bonchev–Trinajstić information content (AvgIpc) is 3.30. The van der Waals surface area contributed by atoms with E-state index in [1.54, 1.807) is 0 Å². The molecule has 1 aliphatic rings. The van der Waals surface area contributed by atoms with Crippen molar-refractivity contribution in [2.45, 2.75) is 39.7 Å². The molecule has 1 aliphatic carbocycles. The number of aliphatic imine (C=N–C) groups is 1. The second kappa shape index (κ2) is 10.1. The molecule has 2 rings (SSSR count). The Kier molecular flexibility index (Phi) is 8.91. The van der Waals surface area contributed by atoms with Gasteiger partial charge in [-0.3, -0.25) is 4.99 Å². The van der Waals surface area contributed by atoms with Crippen LogP contribution in [0.15, 0.2) is 29.3 Å². The van der Waals surface area contributed by atoms with Gasteiger partial charge in [-0.25, -0.2) is 0 Å². The predicted octanol–water partition coefficient (Wildman–Crippen LogP) is 3.48. The fourth-order valence-electron chi connectivity index (χ4n) is 2.51. The molecular weight excluding hydrogens is 401 g/mol. The minimum Gasteiger partial charge on any atom is -0.382 e. The van der Waals surface area contributed by atoms with Gasteiger partial charge in [0.15, 0.2) is 5.96 Å².